The van der Waals surface area contributed by atoms with E-state index in [0.717, 1.165) is 0 Å². The van der Waals surface area contributed by atoms with Gasteiger partial charge in [0.25, 0.3) is 0 Å². The predicted octanol–water partition coefficient (Wildman–Crippen LogP) is 3.40. The molecule has 0 aliphatic carbocycles. The van der Waals surface area contributed by atoms with Crippen LogP contribution in [0.15, 0.2) is 54.6 Å². The highest BCUT2D eigenvalue weighted by Gasteiger charge is 2.33. The number of carbonyl (C=O) groups is 2. The third kappa shape index (κ3) is 6.98. The zero-order chi connectivity index (χ0) is 21.4. The van der Waals surface area contributed by atoms with Gasteiger partial charge in [-0.05, 0) is 38.5 Å². The third-order valence-electron chi connectivity index (χ3n) is 4.17. The molecule has 1 fully saturated rings. The van der Waals surface area contributed by atoms with Crippen LogP contribution in [-0.4, -0.2) is 42.1 Å². The molecule has 1 heterocycles. The van der Waals surface area contributed by atoms with Crippen LogP contribution in [-0.2, 0) is 14.2 Å². The van der Waals surface area contributed by atoms with Gasteiger partial charge in [0.2, 0.25) is 0 Å². The minimum atomic E-state index is -1.17. The van der Waals surface area contributed by atoms with Crippen molar-refractivity contribution in [2.75, 3.05) is 13.2 Å². The summed E-state index contributed by atoms with van der Waals surface area (Å²) in [5.41, 5.74) is 6.75. The van der Waals surface area contributed by atoms with E-state index in [0.29, 0.717) is 6.61 Å². The number of ether oxygens (including phenoxy) is 3. The van der Waals surface area contributed by atoms with Crippen molar-refractivity contribution in [1.29, 1.82) is 0 Å². The fourth-order valence-corrected chi connectivity index (χ4v) is 2.70. The van der Waals surface area contributed by atoms with Crippen molar-refractivity contribution in [3.8, 4) is 0 Å². The van der Waals surface area contributed by atoms with Gasteiger partial charge in [0.15, 0.2) is 5.79 Å². The zero-order valence-electron chi connectivity index (χ0n) is 16.8. The van der Waals surface area contributed by atoms with Crippen molar-refractivity contribution in [2.45, 2.75) is 38.7 Å². The SMILES string of the molecule is CC(N)c1ccccc1.CC1(C)OCC(COC(=O)c2ccccc2C(=O)O)O1. The van der Waals surface area contributed by atoms with E-state index >= 15 is 0 Å². The maximum atomic E-state index is 11.9. The maximum Gasteiger partial charge on any atom is 0.339 e. The summed E-state index contributed by atoms with van der Waals surface area (Å²) >= 11 is 0. The summed E-state index contributed by atoms with van der Waals surface area (Å²) in [5, 5.41) is 9.01. The number of benzene rings is 2. The minimum Gasteiger partial charge on any atom is -0.478 e. The molecule has 1 saturated heterocycles. The van der Waals surface area contributed by atoms with Gasteiger partial charge in [0, 0.05) is 6.04 Å². The van der Waals surface area contributed by atoms with Crippen molar-refractivity contribution >= 4 is 11.9 Å². The first-order chi connectivity index (χ1) is 13.7. The van der Waals surface area contributed by atoms with Gasteiger partial charge >= 0.3 is 11.9 Å². The lowest BCUT2D eigenvalue weighted by Crippen LogP contribution is -2.25. The maximum absolute atomic E-state index is 11.9. The smallest absolute Gasteiger partial charge is 0.339 e. The minimum absolute atomic E-state index is 0.0240. The topological polar surface area (TPSA) is 108 Å². The summed E-state index contributed by atoms with van der Waals surface area (Å²) in [6.07, 6.45) is -0.342. The van der Waals surface area contributed by atoms with Gasteiger partial charge in [-0.3, -0.25) is 0 Å². The standard InChI is InChI=1S/C14H16O6.C8H11N/c1-14(2)19-8-9(20-14)7-18-13(17)11-6-4-3-5-10(11)12(15)16;1-7(9)8-5-3-2-4-6-8/h3-6,9H,7-8H2,1-2H3,(H,15,16);2-7H,9H2,1H3. The molecule has 0 amide bonds. The molecule has 7 nitrogen and oxygen atoms in total. The first kappa shape index (κ1) is 22.5. The number of rotatable bonds is 5. The molecule has 0 saturated carbocycles. The zero-order valence-corrected chi connectivity index (χ0v) is 16.8. The molecule has 0 bridgehead atoms. The number of carbonyl (C=O) groups excluding carboxylic acids is 1. The molecular formula is C22H27NO6. The summed E-state index contributed by atoms with van der Waals surface area (Å²) in [6, 6.07) is 16.1. The number of esters is 1. The molecule has 0 aromatic heterocycles. The second kappa shape index (κ2) is 10.2. The van der Waals surface area contributed by atoms with E-state index in [1.807, 2.05) is 37.3 Å². The molecule has 2 aromatic rings. The summed E-state index contributed by atoms with van der Waals surface area (Å²) < 4.78 is 15.9. The second-order valence-electron chi connectivity index (χ2n) is 7.10. The molecule has 2 unspecified atom stereocenters. The Bertz CT molecular complexity index is 819. The van der Waals surface area contributed by atoms with E-state index in [9.17, 15) is 9.59 Å². The van der Waals surface area contributed by atoms with E-state index < -0.39 is 17.7 Å². The molecule has 156 valence electrons. The van der Waals surface area contributed by atoms with Crippen LogP contribution in [0.5, 0.6) is 0 Å². The van der Waals surface area contributed by atoms with E-state index in [1.54, 1.807) is 26.0 Å². The lowest BCUT2D eigenvalue weighted by Gasteiger charge is -2.17. The van der Waals surface area contributed by atoms with Crippen LogP contribution in [0.3, 0.4) is 0 Å². The lowest BCUT2D eigenvalue weighted by molar-refractivity contribution is -0.142. The van der Waals surface area contributed by atoms with Crippen LogP contribution >= 0.6 is 0 Å². The van der Waals surface area contributed by atoms with Crippen LogP contribution in [0.1, 0.15) is 53.1 Å². The summed E-state index contributed by atoms with van der Waals surface area (Å²) in [5.74, 6) is -2.54. The monoisotopic (exact) mass is 401 g/mol. The average Bonchev–Trinajstić information content (AvgIpc) is 3.06. The van der Waals surface area contributed by atoms with Gasteiger partial charge in [0.1, 0.15) is 12.7 Å². The largest absolute Gasteiger partial charge is 0.478 e. The van der Waals surface area contributed by atoms with Gasteiger partial charge in [-0.15, -0.1) is 0 Å². The van der Waals surface area contributed by atoms with Crippen molar-refractivity contribution in [2.24, 2.45) is 5.73 Å². The number of carboxylic acid groups (broad SMARTS) is 1. The molecule has 7 heteroatoms. The summed E-state index contributed by atoms with van der Waals surface area (Å²) in [6.45, 7) is 5.88. The summed E-state index contributed by atoms with van der Waals surface area (Å²) in [4.78, 5) is 22.9. The number of carboxylic acids is 1. The van der Waals surface area contributed by atoms with Crippen molar-refractivity contribution < 1.29 is 28.9 Å². The van der Waals surface area contributed by atoms with E-state index in [1.165, 1.54) is 17.7 Å². The fraction of sp³-hybridized carbons (Fsp3) is 0.364. The molecule has 3 rings (SSSR count). The normalized spacial score (nSPS) is 18.3. The van der Waals surface area contributed by atoms with Crippen LogP contribution in [0.25, 0.3) is 0 Å². The number of hydrogen-bond donors (Lipinski definition) is 2. The lowest BCUT2D eigenvalue weighted by atomic mass is 10.1. The van der Waals surface area contributed by atoms with E-state index in [2.05, 4.69) is 0 Å². The third-order valence-corrected chi connectivity index (χ3v) is 4.17. The molecule has 1 aliphatic rings. The fourth-order valence-electron chi connectivity index (χ4n) is 2.70. The molecule has 29 heavy (non-hydrogen) atoms. The Labute approximate surface area is 170 Å². The average molecular weight is 401 g/mol. The number of aromatic carboxylic acids is 1. The Morgan fingerprint density at radius 1 is 1.14 bits per heavy atom. The Balaban J connectivity index is 0.000000278. The highest BCUT2D eigenvalue weighted by atomic mass is 16.7. The Morgan fingerprint density at radius 3 is 2.21 bits per heavy atom. The van der Waals surface area contributed by atoms with Crippen molar-refractivity contribution in [3.05, 3.63) is 71.3 Å². The Hall–Kier alpha value is -2.74. The van der Waals surface area contributed by atoms with Gasteiger partial charge in [-0.1, -0.05) is 42.5 Å². The molecule has 0 spiro atoms. The van der Waals surface area contributed by atoms with E-state index in [4.69, 9.17) is 25.1 Å². The highest BCUT2D eigenvalue weighted by Crippen LogP contribution is 2.22. The second-order valence-corrected chi connectivity index (χ2v) is 7.10. The molecule has 2 atom stereocenters. The van der Waals surface area contributed by atoms with Gasteiger partial charge in [-0.25, -0.2) is 9.59 Å². The molecule has 2 aromatic carbocycles. The highest BCUT2D eigenvalue weighted by molar-refractivity contribution is 6.02. The first-order valence-electron chi connectivity index (χ1n) is 9.31. The Kier molecular flexibility index (Phi) is 7.90. The van der Waals surface area contributed by atoms with Crippen LogP contribution in [0.2, 0.25) is 0 Å². The van der Waals surface area contributed by atoms with Crippen LogP contribution in [0, 0.1) is 0 Å². The van der Waals surface area contributed by atoms with Crippen LogP contribution in [0.4, 0.5) is 0 Å². The first-order valence-corrected chi connectivity index (χ1v) is 9.31. The van der Waals surface area contributed by atoms with E-state index in [-0.39, 0.29) is 29.9 Å². The summed E-state index contributed by atoms with van der Waals surface area (Å²) in [7, 11) is 0. The molecular weight excluding hydrogens is 374 g/mol. The quantitative estimate of drug-likeness (QED) is 0.739. The molecule has 0 radical (unpaired) electrons. The predicted molar refractivity (Wildman–Crippen MR) is 108 cm³/mol. The van der Waals surface area contributed by atoms with Gasteiger partial charge in [0.05, 0.1) is 17.7 Å². The number of hydrogen-bond acceptors (Lipinski definition) is 6. The van der Waals surface area contributed by atoms with Crippen molar-refractivity contribution in [1.82, 2.24) is 0 Å². The Morgan fingerprint density at radius 2 is 1.72 bits per heavy atom. The molecule has 3 N–H and O–H groups in total. The van der Waals surface area contributed by atoms with Gasteiger partial charge in [-0.2, -0.15) is 0 Å². The number of nitrogens with two attached hydrogens (primary N) is 1. The van der Waals surface area contributed by atoms with Crippen molar-refractivity contribution in [3.63, 3.8) is 0 Å². The van der Waals surface area contributed by atoms with Crippen LogP contribution < -0.4 is 5.73 Å². The molecule has 1 aliphatic heterocycles. The van der Waals surface area contributed by atoms with Gasteiger partial charge < -0.3 is 25.1 Å².